The number of ether oxygens (including phenoxy) is 7. The van der Waals surface area contributed by atoms with Crippen LogP contribution in [0.2, 0.25) is 0 Å². The highest BCUT2D eigenvalue weighted by Crippen LogP contribution is 2.41. The molecule has 1 N–H and O–H groups in total. The number of sulfonamides is 1. The topological polar surface area (TPSA) is 144 Å². The number of carbonyl (C=O) groups is 1. The number of benzene rings is 2. The van der Waals surface area contributed by atoms with Crippen molar-refractivity contribution < 1.29 is 46.4 Å². The van der Waals surface area contributed by atoms with Crippen LogP contribution in [0.25, 0.3) is 0 Å². The van der Waals surface area contributed by atoms with Gasteiger partial charge in [-0.15, -0.1) is 11.3 Å². The SMILES string of the molecule is Cc1nc(COc2ccc(CC([C@H]3COC(C)(C)N3)N(C(=O)O[C@H]3CO[C@H]4OCC[C@H]43)S(=O)(=O)c3cc(CC(C)C)c4c(c3)OCO4)cc2)cs1. The van der Waals surface area contributed by atoms with Crippen molar-refractivity contribution >= 4 is 27.5 Å². The van der Waals surface area contributed by atoms with Gasteiger partial charge in [0.15, 0.2) is 17.8 Å². The largest absolute Gasteiger partial charge is 0.487 e. The van der Waals surface area contributed by atoms with Crippen molar-refractivity contribution in [2.24, 2.45) is 11.8 Å². The van der Waals surface area contributed by atoms with Crippen molar-refractivity contribution in [3.05, 3.63) is 63.6 Å². The van der Waals surface area contributed by atoms with Crippen LogP contribution in [0, 0.1) is 18.8 Å². The van der Waals surface area contributed by atoms with Gasteiger partial charge in [0, 0.05) is 11.4 Å². The van der Waals surface area contributed by atoms with Crippen LogP contribution in [-0.4, -0.2) is 80.6 Å². The molecule has 0 radical (unpaired) electrons. The molecule has 3 aromatic rings. The molecule has 51 heavy (non-hydrogen) atoms. The molecule has 13 nitrogen and oxygen atoms in total. The quantitative estimate of drug-likeness (QED) is 0.261. The van der Waals surface area contributed by atoms with E-state index >= 15 is 8.42 Å². The Bertz CT molecular complexity index is 1830. The van der Waals surface area contributed by atoms with E-state index in [9.17, 15) is 4.79 Å². The summed E-state index contributed by atoms with van der Waals surface area (Å²) >= 11 is 1.56. The van der Waals surface area contributed by atoms with Gasteiger partial charge in [-0.05, 0) is 75.3 Å². The van der Waals surface area contributed by atoms with Crippen molar-refractivity contribution in [1.29, 1.82) is 0 Å². The minimum absolute atomic E-state index is 0.0217. The van der Waals surface area contributed by atoms with Gasteiger partial charge in [-0.2, -0.15) is 4.31 Å². The normalized spacial score (nSPS) is 24.1. The van der Waals surface area contributed by atoms with E-state index in [0.29, 0.717) is 48.9 Å². The first-order valence-corrected chi connectivity index (χ1v) is 19.6. The number of carbonyl (C=O) groups excluding carboxylic acids is 1. The molecule has 15 heteroatoms. The molecule has 276 valence electrons. The summed E-state index contributed by atoms with van der Waals surface area (Å²) < 4.78 is 71.8. The summed E-state index contributed by atoms with van der Waals surface area (Å²) in [6.07, 6.45) is -0.789. The molecular weight excluding hydrogens is 699 g/mol. The van der Waals surface area contributed by atoms with Gasteiger partial charge in [-0.3, -0.25) is 5.32 Å². The van der Waals surface area contributed by atoms with Crippen molar-refractivity contribution in [3.8, 4) is 17.2 Å². The van der Waals surface area contributed by atoms with Gasteiger partial charge in [0.1, 0.15) is 24.2 Å². The number of fused-ring (bicyclic) bond motifs is 2. The van der Waals surface area contributed by atoms with Gasteiger partial charge in [0.25, 0.3) is 10.0 Å². The van der Waals surface area contributed by atoms with E-state index in [1.807, 2.05) is 64.3 Å². The Morgan fingerprint density at radius 1 is 1.12 bits per heavy atom. The molecule has 1 aromatic heterocycles. The molecule has 0 bridgehead atoms. The first-order chi connectivity index (χ1) is 24.4. The number of hydrogen-bond donors (Lipinski definition) is 1. The lowest BCUT2D eigenvalue weighted by Crippen LogP contribution is -2.57. The monoisotopic (exact) mass is 743 g/mol. The number of aromatic nitrogens is 1. The summed E-state index contributed by atoms with van der Waals surface area (Å²) in [4.78, 5) is 18.9. The van der Waals surface area contributed by atoms with E-state index in [-0.39, 0.29) is 43.2 Å². The predicted molar refractivity (Wildman–Crippen MR) is 186 cm³/mol. The number of nitrogens with zero attached hydrogens (tertiary/aromatic N) is 2. The van der Waals surface area contributed by atoms with Crippen LogP contribution in [0.5, 0.6) is 17.2 Å². The molecule has 5 heterocycles. The second-order valence-corrected chi connectivity index (χ2v) is 17.2. The molecule has 2 aromatic carbocycles. The number of aryl methyl sites for hydroxylation is 1. The fourth-order valence-corrected chi connectivity index (χ4v) is 9.26. The lowest BCUT2D eigenvalue weighted by Gasteiger charge is -2.35. The zero-order valence-electron chi connectivity index (χ0n) is 29.5. The predicted octanol–water partition coefficient (Wildman–Crippen LogP) is 5.18. The zero-order chi connectivity index (χ0) is 35.9. The molecular formula is C36H45N3O10S2. The summed E-state index contributed by atoms with van der Waals surface area (Å²) in [7, 11) is -4.56. The number of nitrogens with one attached hydrogen (secondary N) is 1. The van der Waals surface area contributed by atoms with Crippen molar-refractivity contribution in [3.63, 3.8) is 0 Å². The zero-order valence-corrected chi connectivity index (χ0v) is 31.1. The highest BCUT2D eigenvalue weighted by atomic mass is 32.2. The van der Waals surface area contributed by atoms with Crippen LogP contribution in [0.15, 0.2) is 46.7 Å². The molecule has 5 atom stereocenters. The van der Waals surface area contributed by atoms with Gasteiger partial charge >= 0.3 is 6.09 Å². The highest BCUT2D eigenvalue weighted by molar-refractivity contribution is 7.89. The van der Waals surface area contributed by atoms with E-state index in [1.165, 1.54) is 6.07 Å². The summed E-state index contributed by atoms with van der Waals surface area (Å²) in [6, 6.07) is 8.89. The first-order valence-electron chi connectivity index (χ1n) is 17.3. The molecule has 1 amide bonds. The van der Waals surface area contributed by atoms with Crippen LogP contribution in [0.3, 0.4) is 0 Å². The van der Waals surface area contributed by atoms with E-state index in [4.69, 9.17) is 33.2 Å². The molecule has 0 saturated carbocycles. The maximum atomic E-state index is 15.0. The first kappa shape index (κ1) is 35.9. The smallest absolute Gasteiger partial charge is 0.424 e. The number of hydrogen-bond acceptors (Lipinski definition) is 13. The number of amides is 1. The molecule has 3 saturated heterocycles. The second kappa shape index (κ2) is 14.5. The standard InChI is InChI=1S/C36H45N3O10S2/c1-21(2)12-24-14-27(15-31-33(24)47-20-46-31)51(41,42)39(35(40)49-32-18-45-34-28(32)10-11-43-34)30(29-17-48-36(4,5)38-29)13-23-6-8-26(9-7-23)44-16-25-19-50-22(3)37-25/h6-9,14-15,19,21,28-30,32,34,38H,10-13,16-18,20H2,1-5H3/t28-,29+,30?,32-,34+/m0/s1. The van der Waals surface area contributed by atoms with E-state index < -0.39 is 46.3 Å². The lowest BCUT2D eigenvalue weighted by molar-refractivity contribution is -0.0907. The molecule has 0 spiro atoms. The molecule has 4 aliphatic rings. The number of rotatable bonds is 12. The van der Waals surface area contributed by atoms with Crippen LogP contribution in [0.4, 0.5) is 4.79 Å². The Morgan fingerprint density at radius 2 is 1.92 bits per heavy atom. The molecule has 4 aliphatic heterocycles. The van der Waals surface area contributed by atoms with Crippen molar-refractivity contribution in [1.82, 2.24) is 14.6 Å². The summed E-state index contributed by atoms with van der Waals surface area (Å²) in [5.74, 6) is 1.49. The van der Waals surface area contributed by atoms with Crippen molar-refractivity contribution in [2.75, 3.05) is 26.6 Å². The molecule has 7 rings (SSSR count). The van der Waals surface area contributed by atoms with Crippen LogP contribution >= 0.6 is 11.3 Å². The Morgan fingerprint density at radius 3 is 2.63 bits per heavy atom. The summed E-state index contributed by atoms with van der Waals surface area (Å²) in [5, 5.41) is 6.34. The Kier molecular flexibility index (Phi) is 10.2. The van der Waals surface area contributed by atoms with E-state index in [0.717, 1.165) is 20.6 Å². The Balaban J connectivity index is 1.24. The van der Waals surface area contributed by atoms with Gasteiger partial charge < -0.3 is 33.2 Å². The van der Waals surface area contributed by atoms with Gasteiger partial charge in [-0.25, -0.2) is 18.2 Å². The average Bonchev–Trinajstić information content (AvgIpc) is 3.91. The summed E-state index contributed by atoms with van der Waals surface area (Å²) in [5.41, 5.74) is 1.56. The average molecular weight is 744 g/mol. The second-order valence-electron chi connectivity index (χ2n) is 14.3. The third-order valence-electron chi connectivity index (χ3n) is 9.47. The minimum Gasteiger partial charge on any atom is -0.487 e. The highest BCUT2D eigenvalue weighted by Gasteiger charge is 2.49. The maximum Gasteiger partial charge on any atom is 0.424 e. The summed E-state index contributed by atoms with van der Waals surface area (Å²) in [6.45, 7) is 10.8. The van der Waals surface area contributed by atoms with Gasteiger partial charge in [0.05, 0.1) is 53.4 Å². The van der Waals surface area contributed by atoms with Crippen LogP contribution in [0.1, 0.15) is 55.9 Å². The number of thiazole rings is 1. The molecule has 0 aliphatic carbocycles. The maximum absolute atomic E-state index is 15.0. The third-order valence-corrected chi connectivity index (χ3v) is 12.1. The van der Waals surface area contributed by atoms with Crippen LogP contribution < -0.4 is 19.5 Å². The fraction of sp³-hybridized carbons (Fsp3) is 0.556. The van der Waals surface area contributed by atoms with Gasteiger partial charge in [-0.1, -0.05) is 26.0 Å². The van der Waals surface area contributed by atoms with Crippen molar-refractivity contribution in [2.45, 2.75) is 95.6 Å². The lowest BCUT2D eigenvalue weighted by atomic mass is 9.99. The van der Waals surface area contributed by atoms with E-state index in [2.05, 4.69) is 10.3 Å². The third kappa shape index (κ3) is 7.83. The molecule has 3 fully saturated rings. The van der Waals surface area contributed by atoms with Crippen LogP contribution in [-0.2, 0) is 48.4 Å². The Labute approximate surface area is 302 Å². The van der Waals surface area contributed by atoms with Gasteiger partial charge in [0.2, 0.25) is 6.79 Å². The molecule has 1 unspecified atom stereocenters. The fourth-order valence-electron chi connectivity index (χ4n) is 7.07. The van der Waals surface area contributed by atoms with E-state index in [1.54, 1.807) is 17.4 Å². The minimum atomic E-state index is -4.56. The Hall–Kier alpha value is -3.47.